The van der Waals surface area contributed by atoms with E-state index in [-0.39, 0.29) is 0 Å². The molecule has 2 heteroatoms. The van der Waals surface area contributed by atoms with Crippen molar-refractivity contribution in [2.45, 2.75) is 6.42 Å². The summed E-state index contributed by atoms with van der Waals surface area (Å²) in [6.07, 6.45) is 2.67. The maximum absolute atomic E-state index is 8.17. The molecule has 0 aromatic heterocycles. The number of hydrogen-bond acceptors (Lipinski definition) is 2. The van der Waals surface area contributed by atoms with Crippen molar-refractivity contribution in [3.05, 3.63) is 6.42 Å². The van der Waals surface area contributed by atoms with Gasteiger partial charge in [-0.2, -0.15) is 5.26 Å². The third kappa shape index (κ3) is 1.21. The molecule has 1 aliphatic rings. The Morgan fingerprint density at radius 3 is 3.12 bits per heavy atom. The minimum Gasteiger partial charge on any atom is -0.381 e. The van der Waals surface area contributed by atoms with Gasteiger partial charge in [-0.05, 0) is 6.42 Å². The van der Waals surface area contributed by atoms with Crippen LogP contribution in [-0.4, -0.2) is 13.2 Å². The first-order valence-corrected chi connectivity index (χ1v) is 2.74. The van der Waals surface area contributed by atoms with Crippen molar-refractivity contribution in [2.24, 2.45) is 5.92 Å². The molecule has 1 heterocycles. The fourth-order valence-electron chi connectivity index (χ4n) is 0.790. The van der Waals surface area contributed by atoms with Gasteiger partial charge in [0.15, 0.2) is 0 Å². The molecule has 2 nitrogen and oxygen atoms in total. The molecule has 1 saturated heterocycles. The van der Waals surface area contributed by atoms with Crippen LogP contribution in [0.25, 0.3) is 0 Å². The van der Waals surface area contributed by atoms with E-state index in [1.165, 1.54) is 0 Å². The molecule has 0 saturated carbocycles. The summed E-state index contributed by atoms with van der Waals surface area (Å²) in [4.78, 5) is 0. The van der Waals surface area contributed by atoms with Crippen LogP contribution in [0.4, 0.5) is 0 Å². The third-order valence-electron chi connectivity index (χ3n) is 1.28. The Bertz CT molecular complexity index is 99.6. The van der Waals surface area contributed by atoms with Gasteiger partial charge in [0.05, 0.1) is 19.1 Å². The highest BCUT2D eigenvalue weighted by atomic mass is 16.5. The van der Waals surface area contributed by atoms with Gasteiger partial charge in [0.25, 0.3) is 0 Å². The van der Waals surface area contributed by atoms with Crippen LogP contribution in [0.1, 0.15) is 6.42 Å². The van der Waals surface area contributed by atoms with Crippen LogP contribution in [-0.2, 0) is 4.74 Å². The predicted molar refractivity (Wildman–Crippen MR) is 28.8 cm³/mol. The maximum Gasteiger partial charge on any atom is 0.0676 e. The largest absolute Gasteiger partial charge is 0.381 e. The predicted octanol–water partition coefficient (Wildman–Crippen LogP) is 0.751. The van der Waals surface area contributed by atoms with Crippen molar-refractivity contribution in [1.82, 2.24) is 0 Å². The first-order chi connectivity index (χ1) is 3.93. The summed E-state index contributed by atoms with van der Waals surface area (Å²) < 4.78 is 5.03. The summed E-state index contributed by atoms with van der Waals surface area (Å²) >= 11 is 0. The van der Waals surface area contributed by atoms with E-state index in [0.29, 0.717) is 5.92 Å². The highest BCUT2D eigenvalue weighted by Crippen LogP contribution is 2.13. The fourth-order valence-corrected chi connectivity index (χ4v) is 0.790. The van der Waals surface area contributed by atoms with Gasteiger partial charge in [0.1, 0.15) is 0 Å². The molecule has 0 spiro atoms. The molecule has 0 bridgehead atoms. The third-order valence-corrected chi connectivity index (χ3v) is 1.28. The van der Waals surface area contributed by atoms with E-state index in [9.17, 15) is 0 Å². The summed E-state index contributed by atoms with van der Waals surface area (Å²) in [6.45, 7) is 1.57. The number of nitrogens with zero attached hydrogens (tertiary/aromatic N) is 1. The molecule has 1 fully saturated rings. The SMILES string of the molecule is N#C[CH]C1CCOC1. The first-order valence-electron chi connectivity index (χ1n) is 2.74. The molecule has 0 aromatic carbocycles. The lowest BCUT2D eigenvalue weighted by molar-refractivity contribution is 0.190. The van der Waals surface area contributed by atoms with E-state index in [4.69, 9.17) is 10.00 Å². The summed E-state index contributed by atoms with van der Waals surface area (Å²) in [5.41, 5.74) is 0. The standard InChI is InChI=1S/C6H8NO/c7-3-1-6-2-4-8-5-6/h1,6H,2,4-5H2. The summed E-state index contributed by atoms with van der Waals surface area (Å²) in [5.74, 6) is 0.403. The van der Waals surface area contributed by atoms with Gasteiger partial charge in [0.2, 0.25) is 0 Å². The van der Waals surface area contributed by atoms with Crippen molar-refractivity contribution in [3.63, 3.8) is 0 Å². The van der Waals surface area contributed by atoms with E-state index in [1.54, 1.807) is 6.42 Å². The fraction of sp³-hybridized carbons (Fsp3) is 0.667. The topological polar surface area (TPSA) is 33.0 Å². The number of nitriles is 1. The van der Waals surface area contributed by atoms with Crippen molar-refractivity contribution in [2.75, 3.05) is 13.2 Å². The number of hydrogen-bond donors (Lipinski definition) is 0. The molecule has 1 rings (SSSR count). The minimum atomic E-state index is 0.403. The van der Waals surface area contributed by atoms with Gasteiger partial charge < -0.3 is 4.74 Å². The Morgan fingerprint density at radius 1 is 1.75 bits per heavy atom. The molecule has 1 radical (unpaired) electrons. The van der Waals surface area contributed by atoms with E-state index in [1.807, 2.05) is 6.07 Å². The molecular weight excluding hydrogens is 102 g/mol. The van der Waals surface area contributed by atoms with Crippen molar-refractivity contribution in [1.29, 1.82) is 5.26 Å². The molecule has 1 aliphatic heterocycles. The number of rotatable bonds is 1. The lowest BCUT2D eigenvalue weighted by atomic mass is 10.1. The van der Waals surface area contributed by atoms with Gasteiger partial charge in [-0.25, -0.2) is 0 Å². The highest BCUT2D eigenvalue weighted by molar-refractivity contribution is 4.97. The van der Waals surface area contributed by atoms with Crippen LogP contribution in [0.15, 0.2) is 0 Å². The van der Waals surface area contributed by atoms with E-state index in [0.717, 1.165) is 19.6 Å². The minimum absolute atomic E-state index is 0.403. The van der Waals surface area contributed by atoms with E-state index >= 15 is 0 Å². The molecule has 1 atom stereocenters. The van der Waals surface area contributed by atoms with Crippen molar-refractivity contribution < 1.29 is 4.74 Å². The molecule has 0 N–H and O–H groups in total. The molecular formula is C6H8NO. The molecule has 0 aliphatic carbocycles. The zero-order valence-electron chi connectivity index (χ0n) is 4.63. The zero-order valence-corrected chi connectivity index (χ0v) is 4.63. The molecule has 1 unspecified atom stereocenters. The van der Waals surface area contributed by atoms with E-state index in [2.05, 4.69) is 0 Å². The number of ether oxygens (including phenoxy) is 1. The van der Waals surface area contributed by atoms with Crippen LogP contribution < -0.4 is 0 Å². The van der Waals surface area contributed by atoms with Gasteiger partial charge in [-0.1, -0.05) is 0 Å². The lowest BCUT2D eigenvalue weighted by Crippen LogP contribution is -1.96. The second-order valence-electron chi connectivity index (χ2n) is 1.92. The quantitative estimate of drug-likeness (QED) is 0.499. The van der Waals surface area contributed by atoms with E-state index < -0.39 is 0 Å². The molecule has 0 amide bonds. The van der Waals surface area contributed by atoms with Crippen LogP contribution in [0, 0.1) is 23.7 Å². The summed E-state index contributed by atoms with van der Waals surface area (Å²) in [5, 5.41) is 8.17. The second kappa shape index (κ2) is 2.68. The monoisotopic (exact) mass is 110 g/mol. The Balaban J connectivity index is 2.17. The van der Waals surface area contributed by atoms with Gasteiger partial charge in [-0.3, -0.25) is 0 Å². The van der Waals surface area contributed by atoms with Crippen LogP contribution in [0.5, 0.6) is 0 Å². The average Bonchev–Trinajstić information content (AvgIpc) is 2.19. The molecule has 43 valence electrons. The van der Waals surface area contributed by atoms with Crippen LogP contribution in [0.2, 0.25) is 0 Å². The zero-order chi connectivity index (χ0) is 5.82. The molecule has 0 aromatic rings. The lowest BCUT2D eigenvalue weighted by Gasteiger charge is -1.94. The van der Waals surface area contributed by atoms with Crippen LogP contribution >= 0.6 is 0 Å². The Hall–Kier alpha value is -0.550. The Morgan fingerprint density at radius 2 is 2.62 bits per heavy atom. The second-order valence-corrected chi connectivity index (χ2v) is 1.92. The maximum atomic E-state index is 8.17. The van der Waals surface area contributed by atoms with Crippen molar-refractivity contribution >= 4 is 0 Å². The van der Waals surface area contributed by atoms with Gasteiger partial charge in [0, 0.05) is 12.5 Å². The molecule has 8 heavy (non-hydrogen) atoms. The summed E-state index contributed by atoms with van der Waals surface area (Å²) in [6, 6.07) is 2.00. The first kappa shape index (κ1) is 5.58. The highest BCUT2D eigenvalue weighted by Gasteiger charge is 2.14. The van der Waals surface area contributed by atoms with Crippen LogP contribution in [0.3, 0.4) is 0 Å². The van der Waals surface area contributed by atoms with Gasteiger partial charge >= 0.3 is 0 Å². The normalized spacial score (nSPS) is 27.6. The van der Waals surface area contributed by atoms with Gasteiger partial charge in [-0.15, -0.1) is 0 Å². The smallest absolute Gasteiger partial charge is 0.0676 e. The Labute approximate surface area is 49.1 Å². The van der Waals surface area contributed by atoms with Crippen molar-refractivity contribution in [3.8, 4) is 6.07 Å². The average molecular weight is 110 g/mol. The summed E-state index contributed by atoms with van der Waals surface area (Å²) in [7, 11) is 0. The Kier molecular flexibility index (Phi) is 1.87.